The van der Waals surface area contributed by atoms with Crippen LogP contribution in [0.3, 0.4) is 0 Å². The molecule has 0 heterocycles. The fraction of sp³-hybridized carbons (Fsp3) is 1.00. The van der Waals surface area contributed by atoms with E-state index in [1.165, 1.54) is 0 Å². The summed E-state index contributed by atoms with van der Waals surface area (Å²) in [4.78, 5) is 3.54. The minimum Gasteiger partial charge on any atom is -0.252 e. The third-order valence-corrected chi connectivity index (χ3v) is 0.129. The quantitative estimate of drug-likeness (QED) is 0.390. The molecular weight excluding hydrogens is 91.5 g/mol. The van der Waals surface area contributed by atoms with Gasteiger partial charge in [0.1, 0.15) is 0 Å². The lowest BCUT2D eigenvalue weighted by Gasteiger charge is -1.73. The molecule has 0 spiro atoms. The third-order valence-electron chi connectivity index (χ3n) is 0.129. The zero-order valence-electron chi connectivity index (χ0n) is 2.97. The maximum atomic E-state index is 7.38. The molecule has 0 bridgehead atoms. The maximum Gasteiger partial charge on any atom is 0.0791 e. The van der Waals surface area contributed by atoms with Crippen LogP contribution in [0.15, 0.2) is 0 Å². The second-order valence-corrected chi connectivity index (χ2v) is 0.418. The molecule has 0 aromatic heterocycles. The molecule has 0 atom stereocenters. The molecule has 2 nitrogen and oxygen atoms in total. The van der Waals surface area contributed by atoms with Crippen molar-refractivity contribution in [1.29, 1.82) is 0 Å². The van der Waals surface area contributed by atoms with Crippen LogP contribution >= 0.6 is 12.4 Å². The Morgan fingerprint density at radius 2 is 2.00 bits per heavy atom. The maximum absolute atomic E-state index is 7.38. The third kappa shape index (κ3) is 14.0. The molecule has 0 aromatic carbocycles. The Kier molecular flexibility index (Phi) is 15.9. The van der Waals surface area contributed by atoms with E-state index in [4.69, 9.17) is 5.26 Å². The van der Waals surface area contributed by atoms with E-state index in [2.05, 4.69) is 4.89 Å². The van der Waals surface area contributed by atoms with Crippen LogP contribution in [-0.2, 0) is 4.89 Å². The van der Waals surface area contributed by atoms with Crippen molar-refractivity contribution < 1.29 is 10.1 Å². The normalized spacial score (nSPS) is 6.00. The van der Waals surface area contributed by atoms with Crippen LogP contribution in [0.5, 0.6) is 0 Å². The van der Waals surface area contributed by atoms with Crippen molar-refractivity contribution >= 4 is 12.4 Å². The second kappa shape index (κ2) is 8.88. The predicted molar refractivity (Wildman–Crippen MR) is 21.5 cm³/mol. The fourth-order valence-corrected chi connectivity index (χ4v) is 0. The van der Waals surface area contributed by atoms with Crippen molar-refractivity contribution in [3.05, 3.63) is 0 Å². The van der Waals surface area contributed by atoms with E-state index in [0.717, 1.165) is 0 Å². The Balaban J connectivity index is 0. The van der Waals surface area contributed by atoms with Gasteiger partial charge >= 0.3 is 0 Å². The summed E-state index contributed by atoms with van der Waals surface area (Å²) in [5.41, 5.74) is 0. The molecule has 5 heavy (non-hydrogen) atoms. The van der Waals surface area contributed by atoms with Gasteiger partial charge in [-0.2, -0.15) is 0 Å². The van der Waals surface area contributed by atoms with Crippen LogP contribution in [0.25, 0.3) is 0 Å². The molecular formula is C2H7ClO2. The molecule has 0 aliphatic heterocycles. The Morgan fingerprint density at radius 3 is 2.00 bits per heavy atom. The second-order valence-electron chi connectivity index (χ2n) is 0.418. The monoisotopic (exact) mass is 98.0 g/mol. The number of hydrogen-bond acceptors (Lipinski definition) is 2. The highest BCUT2D eigenvalue weighted by molar-refractivity contribution is 5.85. The first kappa shape index (κ1) is 8.96. The van der Waals surface area contributed by atoms with Crippen molar-refractivity contribution in [3.8, 4) is 0 Å². The summed E-state index contributed by atoms with van der Waals surface area (Å²) in [5, 5.41) is 7.38. The van der Waals surface area contributed by atoms with Gasteiger partial charge in [0.05, 0.1) is 6.61 Å². The van der Waals surface area contributed by atoms with Gasteiger partial charge in [-0.05, 0) is 6.92 Å². The van der Waals surface area contributed by atoms with Crippen LogP contribution < -0.4 is 0 Å². The Morgan fingerprint density at radius 1 is 1.80 bits per heavy atom. The zero-order chi connectivity index (χ0) is 3.41. The molecule has 0 amide bonds. The summed E-state index contributed by atoms with van der Waals surface area (Å²) >= 11 is 0. The SMILES string of the molecule is CCOO.Cl. The average Bonchev–Trinajstić information content (AvgIpc) is 1.37. The van der Waals surface area contributed by atoms with E-state index in [9.17, 15) is 0 Å². The van der Waals surface area contributed by atoms with Gasteiger partial charge in [0, 0.05) is 0 Å². The Labute approximate surface area is 37.1 Å². The van der Waals surface area contributed by atoms with E-state index in [1.54, 1.807) is 6.92 Å². The van der Waals surface area contributed by atoms with E-state index >= 15 is 0 Å². The molecule has 0 radical (unpaired) electrons. The first-order valence-electron chi connectivity index (χ1n) is 1.18. The van der Waals surface area contributed by atoms with Crippen molar-refractivity contribution in [2.24, 2.45) is 0 Å². The summed E-state index contributed by atoms with van der Waals surface area (Å²) in [6.45, 7) is 2.08. The highest BCUT2D eigenvalue weighted by Gasteiger charge is 1.54. The van der Waals surface area contributed by atoms with Crippen LogP contribution in [0.2, 0.25) is 0 Å². The Bertz CT molecular complexity index is 9.61. The molecule has 1 N–H and O–H groups in total. The minimum absolute atomic E-state index is 0. The number of hydrogen-bond donors (Lipinski definition) is 1. The molecule has 0 saturated heterocycles. The van der Waals surface area contributed by atoms with E-state index in [1.807, 2.05) is 0 Å². The van der Waals surface area contributed by atoms with Gasteiger partial charge in [-0.15, -0.1) is 12.4 Å². The first-order chi connectivity index (χ1) is 1.91. The molecule has 3 heteroatoms. The van der Waals surface area contributed by atoms with Crippen LogP contribution in [0, 0.1) is 0 Å². The fourth-order valence-electron chi connectivity index (χ4n) is 0. The van der Waals surface area contributed by atoms with E-state index < -0.39 is 0 Å². The summed E-state index contributed by atoms with van der Waals surface area (Å²) in [5.74, 6) is 0. The van der Waals surface area contributed by atoms with E-state index in [-0.39, 0.29) is 12.4 Å². The molecule has 34 valence electrons. The smallest absolute Gasteiger partial charge is 0.0791 e. The standard InChI is InChI=1S/C2H6O2.ClH/c1-2-4-3;/h3H,2H2,1H3;1H. The van der Waals surface area contributed by atoms with Gasteiger partial charge in [0.25, 0.3) is 0 Å². The largest absolute Gasteiger partial charge is 0.252 e. The molecule has 0 aromatic rings. The first-order valence-corrected chi connectivity index (χ1v) is 1.18. The van der Waals surface area contributed by atoms with Crippen molar-refractivity contribution in [2.45, 2.75) is 6.92 Å². The Hall–Kier alpha value is 0.210. The summed E-state index contributed by atoms with van der Waals surface area (Å²) in [6.07, 6.45) is 0. The van der Waals surface area contributed by atoms with Crippen molar-refractivity contribution in [1.82, 2.24) is 0 Å². The molecule has 0 saturated carbocycles. The summed E-state index contributed by atoms with van der Waals surface area (Å²) < 4.78 is 0. The number of halogens is 1. The lowest BCUT2D eigenvalue weighted by Crippen LogP contribution is -1.74. The summed E-state index contributed by atoms with van der Waals surface area (Å²) in [7, 11) is 0. The predicted octanol–water partition coefficient (Wildman–Crippen LogP) is 0.918. The molecule has 0 rings (SSSR count). The highest BCUT2D eigenvalue weighted by atomic mass is 35.5. The van der Waals surface area contributed by atoms with Gasteiger partial charge in [-0.1, -0.05) is 0 Å². The van der Waals surface area contributed by atoms with Gasteiger partial charge in [-0.25, -0.2) is 4.89 Å². The average molecular weight is 98.5 g/mol. The van der Waals surface area contributed by atoms with Gasteiger partial charge < -0.3 is 0 Å². The van der Waals surface area contributed by atoms with Gasteiger partial charge in [-0.3, -0.25) is 5.26 Å². The molecule has 0 aliphatic rings. The van der Waals surface area contributed by atoms with Crippen LogP contribution in [-0.4, -0.2) is 11.9 Å². The minimum atomic E-state index is 0. The highest BCUT2D eigenvalue weighted by Crippen LogP contribution is 1.51. The zero-order valence-corrected chi connectivity index (χ0v) is 3.79. The van der Waals surface area contributed by atoms with Gasteiger partial charge in [0.15, 0.2) is 0 Å². The van der Waals surface area contributed by atoms with Crippen LogP contribution in [0.4, 0.5) is 0 Å². The topological polar surface area (TPSA) is 29.5 Å². The molecule has 0 aliphatic carbocycles. The van der Waals surface area contributed by atoms with E-state index in [0.29, 0.717) is 6.61 Å². The molecule has 0 unspecified atom stereocenters. The lowest BCUT2D eigenvalue weighted by atomic mass is 10.9. The summed E-state index contributed by atoms with van der Waals surface area (Å²) in [6, 6.07) is 0. The van der Waals surface area contributed by atoms with Crippen molar-refractivity contribution in [2.75, 3.05) is 6.61 Å². The lowest BCUT2D eigenvalue weighted by molar-refractivity contribution is -0.237. The van der Waals surface area contributed by atoms with Crippen molar-refractivity contribution in [3.63, 3.8) is 0 Å². The molecule has 0 fully saturated rings. The van der Waals surface area contributed by atoms with Gasteiger partial charge in [0.2, 0.25) is 0 Å². The number of rotatable bonds is 1. The van der Waals surface area contributed by atoms with Crippen LogP contribution in [0.1, 0.15) is 6.92 Å².